The van der Waals surface area contributed by atoms with Crippen LogP contribution >= 0.6 is 23.2 Å². The number of fused-ring (bicyclic) bond motifs is 2. The summed E-state index contributed by atoms with van der Waals surface area (Å²) in [6.07, 6.45) is 1.44. The third kappa shape index (κ3) is 5.41. The SMILES string of the molecule is O=c1c2ccccc2nc(-c2cc3cc(Cl)ccc3o2)n1N=Cc1cc(Cl)ccc1OCc1cccc([N+](=O)[O-])c1. The Morgan fingerprint density at radius 2 is 1.78 bits per heavy atom. The fourth-order valence-electron chi connectivity index (χ4n) is 4.31. The lowest BCUT2D eigenvalue weighted by Gasteiger charge is -2.10. The second-order valence-electron chi connectivity index (χ2n) is 9.00. The summed E-state index contributed by atoms with van der Waals surface area (Å²) in [6, 6.07) is 25.0. The Bertz CT molecular complexity index is 2050. The van der Waals surface area contributed by atoms with E-state index < -0.39 is 10.5 Å². The van der Waals surface area contributed by atoms with Crippen molar-refractivity contribution in [2.24, 2.45) is 5.10 Å². The maximum Gasteiger partial charge on any atom is 0.282 e. The van der Waals surface area contributed by atoms with Crippen LogP contribution in [0.15, 0.2) is 105 Å². The number of non-ortho nitro benzene ring substituents is 1. The van der Waals surface area contributed by atoms with Gasteiger partial charge in [-0.2, -0.15) is 9.78 Å². The molecule has 0 spiro atoms. The summed E-state index contributed by atoms with van der Waals surface area (Å²) in [5.41, 5.74) is 1.72. The molecule has 4 aromatic carbocycles. The molecule has 11 heteroatoms. The molecule has 2 aromatic heterocycles. The van der Waals surface area contributed by atoms with E-state index in [1.54, 1.807) is 78.9 Å². The highest BCUT2D eigenvalue weighted by Gasteiger charge is 2.17. The molecule has 0 unspecified atom stereocenters. The van der Waals surface area contributed by atoms with Crippen molar-refractivity contribution in [3.8, 4) is 17.3 Å². The Morgan fingerprint density at radius 1 is 0.976 bits per heavy atom. The average Bonchev–Trinajstić information content (AvgIpc) is 3.39. The Labute approximate surface area is 242 Å². The molecule has 9 nitrogen and oxygen atoms in total. The van der Waals surface area contributed by atoms with Crippen molar-refractivity contribution in [3.05, 3.63) is 133 Å². The van der Waals surface area contributed by atoms with E-state index in [1.807, 2.05) is 0 Å². The van der Waals surface area contributed by atoms with Gasteiger partial charge < -0.3 is 9.15 Å². The monoisotopic (exact) mass is 584 g/mol. The highest BCUT2D eigenvalue weighted by molar-refractivity contribution is 6.31. The average molecular weight is 585 g/mol. The van der Waals surface area contributed by atoms with Crippen molar-refractivity contribution >= 4 is 57.0 Å². The number of nitro groups is 1. The van der Waals surface area contributed by atoms with Crippen LogP contribution in [0.1, 0.15) is 11.1 Å². The minimum absolute atomic E-state index is 0.0347. The lowest BCUT2D eigenvalue weighted by Crippen LogP contribution is -2.20. The molecule has 0 fully saturated rings. The first-order valence-electron chi connectivity index (χ1n) is 12.3. The molecule has 6 aromatic rings. The van der Waals surface area contributed by atoms with Gasteiger partial charge in [0.25, 0.3) is 11.2 Å². The molecular weight excluding hydrogens is 567 g/mol. The summed E-state index contributed by atoms with van der Waals surface area (Å²) in [6.45, 7) is 0.0639. The van der Waals surface area contributed by atoms with Gasteiger partial charge in [-0.15, -0.1) is 0 Å². The fraction of sp³-hybridized carbons (Fsp3) is 0.0333. The molecule has 0 aliphatic carbocycles. The zero-order chi connectivity index (χ0) is 28.5. The van der Waals surface area contributed by atoms with Crippen molar-refractivity contribution < 1.29 is 14.1 Å². The molecule has 202 valence electrons. The van der Waals surface area contributed by atoms with E-state index in [0.717, 1.165) is 10.1 Å². The number of aromatic nitrogens is 2. The van der Waals surface area contributed by atoms with Gasteiger partial charge in [0.1, 0.15) is 17.9 Å². The summed E-state index contributed by atoms with van der Waals surface area (Å²) < 4.78 is 13.1. The first kappa shape index (κ1) is 26.2. The minimum Gasteiger partial charge on any atom is -0.488 e. The smallest absolute Gasteiger partial charge is 0.282 e. The van der Waals surface area contributed by atoms with E-state index in [9.17, 15) is 14.9 Å². The normalized spacial score (nSPS) is 11.5. The predicted octanol–water partition coefficient (Wildman–Crippen LogP) is 7.49. The standard InChI is InChI=1S/C30H18Cl2N4O5/c31-21-9-11-27-19(13-21)15-28(41-27)29-34-25-7-2-1-6-24(25)30(37)35(29)33-16-20-14-22(32)8-10-26(20)40-17-18-4-3-5-23(12-18)36(38)39/h1-16H,17H2. The van der Waals surface area contributed by atoms with Crippen LogP contribution in [0.3, 0.4) is 0 Å². The zero-order valence-electron chi connectivity index (χ0n) is 21.0. The van der Waals surface area contributed by atoms with E-state index >= 15 is 0 Å². The highest BCUT2D eigenvalue weighted by Crippen LogP contribution is 2.29. The van der Waals surface area contributed by atoms with Crippen LogP contribution in [0, 0.1) is 10.1 Å². The second kappa shape index (κ2) is 10.9. The van der Waals surface area contributed by atoms with Crippen molar-refractivity contribution in [2.45, 2.75) is 6.61 Å². The highest BCUT2D eigenvalue weighted by atomic mass is 35.5. The van der Waals surface area contributed by atoms with Crippen LogP contribution in [0.5, 0.6) is 5.75 Å². The van der Waals surface area contributed by atoms with E-state index in [1.165, 1.54) is 18.3 Å². The molecule has 0 N–H and O–H groups in total. The maximum atomic E-state index is 13.6. The molecule has 0 radical (unpaired) electrons. The Balaban J connectivity index is 1.41. The number of nitro benzene ring substituents is 1. The van der Waals surface area contributed by atoms with E-state index in [-0.39, 0.29) is 18.1 Å². The quantitative estimate of drug-likeness (QED) is 0.109. The van der Waals surface area contributed by atoms with Crippen LogP contribution in [0.4, 0.5) is 5.69 Å². The van der Waals surface area contributed by atoms with Gasteiger partial charge in [-0.05, 0) is 60.2 Å². The minimum atomic E-state index is -0.465. The van der Waals surface area contributed by atoms with Gasteiger partial charge in [-0.1, -0.05) is 47.5 Å². The van der Waals surface area contributed by atoms with Crippen molar-refractivity contribution in [1.29, 1.82) is 0 Å². The van der Waals surface area contributed by atoms with Crippen molar-refractivity contribution in [1.82, 2.24) is 9.66 Å². The van der Waals surface area contributed by atoms with Gasteiger partial charge in [0.15, 0.2) is 5.76 Å². The van der Waals surface area contributed by atoms with Crippen LogP contribution in [0.2, 0.25) is 10.0 Å². The van der Waals surface area contributed by atoms with Gasteiger partial charge >= 0.3 is 0 Å². The summed E-state index contributed by atoms with van der Waals surface area (Å²) in [4.78, 5) is 28.9. The third-order valence-corrected chi connectivity index (χ3v) is 6.72. The molecule has 41 heavy (non-hydrogen) atoms. The number of rotatable bonds is 7. The molecule has 0 bridgehead atoms. The Morgan fingerprint density at radius 3 is 2.63 bits per heavy atom. The first-order valence-corrected chi connectivity index (χ1v) is 13.0. The zero-order valence-corrected chi connectivity index (χ0v) is 22.5. The first-order chi connectivity index (χ1) is 19.9. The van der Waals surface area contributed by atoms with Gasteiger partial charge in [0.05, 0.1) is 22.0 Å². The lowest BCUT2D eigenvalue weighted by molar-refractivity contribution is -0.384. The molecule has 0 amide bonds. The van der Waals surface area contributed by atoms with E-state index in [0.29, 0.717) is 49.2 Å². The molecular formula is C30H18Cl2N4O5. The number of ether oxygens (including phenoxy) is 1. The number of hydrogen-bond acceptors (Lipinski definition) is 7. The summed E-state index contributed by atoms with van der Waals surface area (Å²) >= 11 is 12.4. The molecule has 0 aliphatic heterocycles. The number of nitrogens with zero attached hydrogens (tertiary/aromatic N) is 4. The molecule has 0 atom stereocenters. The topological polar surface area (TPSA) is 113 Å². The molecule has 0 aliphatic rings. The van der Waals surface area contributed by atoms with Crippen LogP contribution in [-0.2, 0) is 6.61 Å². The van der Waals surface area contributed by atoms with Crippen molar-refractivity contribution in [3.63, 3.8) is 0 Å². The van der Waals surface area contributed by atoms with E-state index in [2.05, 4.69) is 10.1 Å². The predicted molar refractivity (Wildman–Crippen MR) is 158 cm³/mol. The van der Waals surface area contributed by atoms with Crippen LogP contribution in [0.25, 0.3) is 33.5 Å². The number of para-hydroxylation sites is 1. The van der Waals surface area contributed by atoms with Gasteiger partial charge in [-0.3, -0.25) is 14.9 Å². The fourth-order valence-corrected chi connectivity index (χ4v) is 4.67. The Kier molecular flexibility index (Phi) is 6.96. The van der Waals surface area contributed by atoms with E-state index in [4.69, 9.17) is 32.4 Å². The molecule has 6 rings (SSSR count). The van der Waals surface area contributed by atoms with Crippen LogP contribution in [-0.4, -0.2) is 20.8 Å². The number of benzene rings is 4. The third-order valence-electron chi connectivity index (χ3n) is 6.25. The van der Waals surface area contributed by atoms with Crippen LogP contribution < -0.4 is 10.3 Å². The molecule has 0 saturated carbocycles. The van der Waals surface area contributed by atoms with Gasteiger partial charge in [0, 0.05) is 33.1 Å². The maximum absolute atomic E-state index is 13.6. The van der Waals surface area contributed by atoms with Crippen molar-refractivity contribution in [2.75, 3.05) is 0 Å². The summed E-state index contributed by atoms with van der Waals surface area (Å²) in [5, 5.41) is 17.7. The Hall–Kier alpha value is -4.99. The van der Waals surface area contributed by atoms with Gasteiger partial charge in [-0.25, -0.2) is 4.98 Å². The largest absolute Gasteiger partial charge is 0.488 e. The van der Waals surface area contributed by atoms with Gasteiger partial charge in [0.2, 0.25) is 5.82 Å². The number of halogens is 2. The number of hydrogen-bond donors (Lipinski definition) is 0. The lowest BCUT2D eigenvalue weighted by atomic mass is 10.2. The number of furan rings is 1. The molecule has 0 saturated heterocycles. The summed E-state index contributed by atoms with van der Waals surface area (Å²) in [5.74, 6) is 0.931. The summed E-state index contributed by atoms with van der Waals surface area (Å²) in [7, 11) is 0. The second-order valence-corrected chi connectivity index (χ2v) is 9.88. The molecule has 2 heterocycles.